The molecular weight excluding hydrogens is 254 g/mol. The number of hydrogen-bond donors (Lipinski definition) is 1. The standard InChI is InChI=1S/C15H21N3O2/c1-5-19-12-8-7-11(9-13(12)20-6-2)14-10(3)17-18(4)15(14)16/h7-9H,5-6,16H2,1-4H3. The summed E-state index contributed by atoms with van der Waals surface area (Å²) in [6.45, 7) is 7.04. The van der Waals surface area contributed by atoms with Crippen molar-refractivity contribution in [2.45, 2.75) is 20.8 Å². The summed E-state index contributed by atoms with van der Waals surface area (Å²) < 4.78 is 12.9. The largest absolute Gasteiger partial charge is 0.490 e. The van der Waals surface area contributed by atoms with E-state index in [0.717, 1.165) is 28.3 Å². The SMILES string of the molecule is CCOc1ccc(-c2c(C)nn(C)c2N)cc1OCC. The Morgan fingerprint density at radius 1 is 1.15 bits per heavy atom. The molecule has 0 spiro atoms. The second-order valence-corrected chi connectivity index (χ2v) is 4.50. The number of nitrogen functional groups attached to an aromatic ring is 1. The Hall–Kier alpha value is -2.17. The van der Waals surface area contributed by atoms with Gasteiger partial charge in [0.05, 0.1) is 18.9 Å². The number of anilines is 1. The first-order valence-corrected chi connectivity index (χ1v) is 6.77. The molecule has 0 fully saturated rings. The van der Waals surface area contributed by atoms with Gasteiger partial charge in [-0.3, -0.25) is 4.68 Å². The maximum Gasteiger partial charge on any atom is 0.161 e. The lowest BCUT2D eigenvalue weighted by molar-refractivity contribution is 0.288. The summed E-state index contributed by atoms with van der Waals surface area (Å²) in [5.74, 6) is 2.13. The van der Waals surface area contributed by atoms with Crippen molar-refractivity contribution >= 4 is 5.82 Å². The molecule has 0 unspecified atom stereocenters. The summed E-state index contributed by atoms with van der Waals surface area (Å²) in [5.41, 5.74) is 8.91. The molecule has 0 atom stereocenters. The van der Waals surface area contributed by atoms with Crippen LogP contribution in [0.3, 0.4) is 0 Å². The fraction of sp³-hybridized carbons (Fsp3) is 0.400. The first-order valence-electron chi connectivity index (χ1n) is 6.77. The van der Waals surface area contributed by atoms with Crippen molar-refractivity contribution in [2.24, 2.45) is 7.05 Å². The van der Waals surface area contributed by atoms with E-state index in [-0.39, 0.29) is 0 Å². The zero-order chi connectivity index (χ0) is 14.7. The topological polar surface area (TPSA) is 62.3 Å². The van der Waals surface area contributed by atoms with Gasteiger partial charge in [0.25, 0.3) is 0 Å². The van der Waals surface area contributed by atoms with Crippen LogP contribution in [-0.4, -0.2) is 23.0 Å². The highest BCUT2D eigenvalue weighted by atomic mass is 16.5. The Bertz CT molecular complexity index is 605. The molecule has 0 amide bonds. The summed E-state index contributed by atoms with van der Waals surface area (Å²) in [5, 5.41) is 4.34. The van der Waals surface area contributed by atoms with Gasteiger partial charge in [-0.2, -0.15) is 5.10 Å². The first kappa shape index (κ1) is 14.2. The van der Waals surface area contributed by atoms with E-state index in [1.807, 2.05) is 46.0 Å². The highest BCUT2D eigenvalue weighted by Gasteiger charge is 2.15. The number of nitrogens with zero attached hydrogens (tertiary/aromatic N) is 2. The molecule has 2 rings (SSSR count). The van der Waals surface area contributed by atoms with E-state index in [1.54, 1.807) is 4.68 Å². The molecule has 20 heavy (non-hydrogen) atoms. The molecule has 1 heterocycles. The lowest BCUT2D eigenvalue weighted by Gasteiger charge is -2.12. The summed E-state index contributed by atoms with van der Waals surface area (Å²) >= 11 is 0. The van der Waals surface area contributed by atoms with Gasteiger partial charge in [0.2, 0.25) is 0 Å². The Morgan fingerprint density at radius 2 is 1.80 bits per heavy atom. The van der Waals surface area contributed by atoms with Gasteiger partial charge in [0.15, 0.2) is 11.5 Å². The van der Waals surface area contributed by atoms with E-state index in [2.05, 4.69) is 5.10 Å². The predicted octanol–water partition coefficient (Wildman–Crippen LogP) is 2.78. The van der Waals surface area contributed by atoms with Crippen LogP contribution in [-0.2, 0) is 7.05 Å². The van der Waals surface area contributed by atoms with Crippen LogP contribution >= 0.6 is 0 Å². The van der Waals surface area contributed by atoms with Crippen molar-refractivity contribution in [2.75, 3.05) is 18.9 Å². The fourth-order valence-electron chi connectivity index (χ4n) is 2.24. The van der Waals surface area contributed by atoms with Crippen molar-refractivity contribution in [1.29, 1.82) is 0 Å². The molecule has 5 nitrogen and oxygen atoms in total. The lowest BCUT2D eigenvalue weighted by atomic mass is 10.1. The molecular formula is C15H21N3O2. The lowest BCUT2D eigenvalue weighted by Crippen LogP contribution is -2.00. The van der Waals surface area contributed by atoms with Gasteiger partial charge in [-0.05, 0) is 38.5 Å². The second-order valence-electron chi connectivity index (χ2n) is 4.50. The average Bonchev–Trinajstić information content (AvgIpc) is 2.66. The maximum absolute atomic E-state index is 6.08. The third kappa shape index (κ3) is 2.57. The van der Waals surface area contributed by atoms with E-state index in [0.29, 0.717) is 19.0 Å². The molecule has 1 aromatic heterocycles. The zero-order valence-corrected chi connectivity index (χ0v) is 12.4. The van der Waals surface area contributed by atoms with Crippen LogP contribution in [0, 0.1) is 6.92 Å². The van der Waals surface area contributed by atoms with E-state index in [1.165, 1.54) is 0 Å². The number of hydrogen-bond acceptors (Lipinski definition) is 4. The van der Waals surface area contributed by atoms with E-state index in [4.69, 9.17) is 15.2 Å². The predicted molar refractivity (Wildman–Crippen MR) is 80.1 cm³/mol. The van der Waals surface area contributed by atoms with Crippen LogP contribution in [0.15, 0.2) is 18.2 Å². The molecule has 0 aliphatic rings. The monoisotopic (exact) mass is 275 g/mol. The van der Waals surface area contributed by atoms with Crippen molar-refractivity contribution in [3.05, 3.63) is 23.9 Å². The zero-order valence-electron chi connectivity index (χ0n) is 12.4. The number of nitrogens with two attached hydrogens (primary N) is 1. The Morgan fingerprint density at radius 3 is 2.35 bits per heavy atom. The molecule has 5 heteroatoms. The van der Waals surface area contributed by atoms with Crippen molar-refractivity contribution < 1.29 is 9.47 Å². The first-order chi connectivity index (χ1) is 9.58. The summed E-state index contributed by atoms with van der Waals surface area (Å²) in [6.07, 6.45) is 0. The third-order valence-corrected chi connectivity index (χ3v) is 3.10. The molecule has 0 saturated carbocycles. The minimum atomic E-state index is 0.588. The minimum absolute atomic E-state index is 0.588. The number of rotatable bonds is 5. The summed E-state index contributed by atoms with van der Waals surface area (Å²) in [7, 11) is 1.84. The molecule has 0 saturated heterocycles. The van der Waals surface area contributed by atoms with E-state index >= 15 is 0 Å². The summed E-state index contributed by atoms with van der Waals surface area (Å²) in [4.78, 5) is 0. The smallest absolute Gasteiger partial charge is 0.161 e. The van der Waals surface area contributed by atoms with Crippen LogP contribution in [0.25, 0.3) is 11.1 Å². The van der Waals surface area contributed by atoms with Gasteiger partial charge in [0.1, 0.15) is 5.82 Å². The van der Waals surface area contributed by atoms with Crippen molar-refractivity contribution in [1.82, 2.24) is 9.78 Å². The number of ether oxygens (including phenoxy) is 2. The van der Waals surface area contributed by atoms with Gasteiger partial charge < -0.3 is 15.2 Å². The molecule has 1 aromatic carbocycles. The number of aromatic nitrogens is 2. The summed E-state index contributed by atoms with van der Waals surface area (Å²) in [6, 6.07) is 5.85. The van der Waals surface area contributed by atoms with Gasteiger partial charge in [-0.25, -0.2) is 0 Å². The molecule has 0 aliphatic carbocycles. The second kappa shape index (κ2) is 5.86. The molecule has 0 aliphatic heterocycles. The Balaban J connectivity index is 2.49. The third-order valence-electron chi connectivity index (χ3n) is 3.10. The van der Waals surface area contributed by atoms with Crippen LogP contribution < -0.4 is 15.2 Å². The Kier molecular flexibility index (Phi) is 4.17. The molecule has 2 N–H and O–H groups in total. The van der Waals surface area contributed by atoms with Crippen LogP contribution in [0.4, 0.5) is 5.82 Å². The van der Waals surface area contributed by atoms with Crippen molar-refractivity contribution in [3.63, 3.8) is 0 Å². The van der Waals surface area contributed by atoms with E-state index < -0.39 is 0 Å². The van der Waals surface area contributed by atoms with Gasteiger partial charge in [-0.15, -0.1) is 0 Å². The van der Waals surface area contributed by atoms with Gasteiger partial charge >= 0.3 is 0 Å². The molecule has 0 radical (unpaired) electrons. The highest BCUT2D eigenvalue weighted by molar-refractivity contribution is 5.78. The van der Waals surface area contributed by atoms with Gasteiger partial charge in [0, 0.05) is 12.6 Å². The maximum atomic E-state index is 6.08. The van der Waals surface area contributed by atoms with Crippen molar-refractivity contribution in [3.8, 4) is 22.6 Å². The van der Waals surface area contributed by atoms with Crippen LogP contribution in [0.2, 0.25) is 0 Å². The molecule has 0 bridgehead atoms. The number of aryl methyl sites for hydroxylation is 2. The molecule has 108 valence electrons. The minimum Gasteiger partial charge on any atom is -0.490 e. The highest BCUT2D eigenvalue weighted by Crippen LogP contribution is 2.36. The quantitative estimate of drug-likeness (QED) is 0.911. The van der Waals surface area contributed by atoms with Crippen LogP contribution in [0.5, 0.6) is 11.5 Å². The van der Waals surface area contributed by atoms with Gasteiger partial charge in [-0.1, -0.05) is 6.07 Å². The average molecular weight is 275 g/mol. The fourth-order valence-corrected chi connectivity index (χ4v) is 2.24. The Labute approximate surface area is 119 Å². The van der Waals surface area contributed by atoms with E-state index in [9.17, 15) is 0 Å². The normalized spacial score (nSPS) is 10.6. The number of benzene rings is 1. The van der Waals surface area contributed by atoms with Crippen LogP contribution in [0.1, 0.15) is 19.5 Å². The molecule has 2 aromatic rings.